The monoisotopic (exact) mass is 294 g/mol. The lowest BCUT2D eigenvalue weighted by atomic mass is 10.1. The Kier molecular flexibility index (Phi) is 3.93. The molecule has 0 saturated heterocycles. The molecule has 0 aliphatic rings. The predicted octanol–water partition coefficient (Wildman–Crippen LogP) is 2.13. The summed E-state index contributed by atoms with van der Waals surface area (Å²) in [6.45, 7) is 0. The van der Waals surface area contributed by atoms with Crippen molar-refractivity contribution in [2.45, 2.75) is 10.8 Å². The summed E-state index contributed by atoms with van der Waals surface area (Å²) in [4.78, 5) is 9.48. The third kappa shape index (κ3) is 2.66. The fraction of sp³-hybridized carbons (Fsp3) is 0.125. The molecule has 0 atom stereocenters. The molecule has 0 amide bonds. The normalized spacial score (nSPS) is 10.9. The molecule has 1 aromatic rings. The van der Waals surface area contributed by atoms with Crippen LogP contribution in [0.25, 0.3) is 0 Å². The molecular formula is C8H4Cl2N2O4S. The van der Waals surface area contributed by atoms with Crippen molar-refractivity contribution in [1.82, 2.24) is 0 Å². The number of nitro benzene ring substituents is 1. The zero-order valence-corrected chi connectivity index (χ0v) is 10.4. The number of alkyl halides is 1. The molecule has 0 heterocycles. The van der Waals surface area contributed by atoms with E-state index >= 15 is 0 Å². The number of rotatable bonds is 3. The van der Waals surface area contributed by atoms with E-state index in [1.165, 1.54) is 0 Å². The maximum absolute atomic E-state index is 11.2. The fourth-order valence-electron chi connectivity index (χ4n) is 1.27. The van der Waals surface area contributed by atoms with E-state index in [1.54, 1.807) is 6.07 Å². The van der Waals surface area contributed by atoms with Crippen molar-refractivity contribution in [2.24, 2.45) is 0 Å². The third-order valence-electron chi connectivity index (χ3n) is 1.94. The van der Waals surface area contributed by atoms with E-state index in [0.29, 0.717) is 0 Å². The molecule has 0 N–H and O–H groups in total. The summed E-state index contributed by atoms with van der Waals surface area (Å²) >= 11 is 5.48. The van der Waals surface area contributed by atoms with Gasteiger partial charge in [0.25, 0.3) is 14.7 Å². The Bertz CT molecular complexity index is 621. The van der Waals surface area contributed by atoms with Crippen LogP contribution in [0.2, 0.25) is 0 Å². The number of nitriles is 1. The molecule has 90 valence electrons. The van der Waals surface area contributed by atoms with Crippen LogP contribution in [0.15, 0.2) is 17.0 Å². The Morgan fingerprint density at radius 1 is 1.47 bits per heavy atom. The van der Waals surface area contributed by atoms with Gasteiger partial charge in [0.15, 0.2) is 0 Å². The van der Waals surface area contributed by atoms with Crippen LogP contribution in [0.4, 0.5) is 5.69 Å². The van der Waals surface area contributed by atoms with Crippen molar-refractivity contribution in [1.29, 1.82) is 5.26 Å². The number of benzene rings is 1. The standard InChI is InChI=1S/C8H4Cl2N2O4S/c9-3-6-7(17(10,15)16)2-1-5(4-11)8(6)12(13)14/h1-2H,3H2. The Morgan fingerprint density at radius 2 is 2.06 bits per heavy atom. The highest BCUT2D eigenvalue weighted by Crippen LogP contribution is 2.32. The van der Waals surface area contributed by atoms with E-state index < -0.39 is 30.4 Å². The molecule has 6 nitrogen and oxygen atoms in total. The van der Waals surface area contributed by atoms with E-state index in [4.69, 9.17) is 27.5 Å². The van der Waals surface area contributed by atoms with Crippen molar-refractivity contribution < 1.29 is 13.3 Å². The van der Waals surface area contributed by atoms with Gasteiger partial charge in [-0.3, -0.25) is 10.1 Å². The second kappa shape index (κ2) is 4.87. The first-order valence-corrected chi connectivity index (χ1v) is 6.88. The minimum absolute atomic E-state index is 0.269. The van der Waals surface area contributed by atoms with Gasteiger partial charge in [0.2, 0.25) is 0 Å². The van der Waals surface area contributed by atoms with Crippen LogP contribution in [0.3, 0.4) is 0 Å². The Hall–Kier alpha value is -1.36. The Balaban J connectivity index is 3.78. The minimum Gasteiger partial charge on any atom is -0.258 e. The SMILES string of the molecule is N#Cc1ccc(S(=O)(=O)Cl)c(CCl)c1[N+](=O)[O-]. The Morgan fingerprint density at radius 3 is 2.41 bits per heavy atom. The lowest BCUT2D eigenvalue weighted by Crippen LogP contribution is -2.03. The second-order valence-electron chi connectivity index (χ2n) is 2.88. The van der Waals surface area contributed by atoms with Crippen LogP contribution in [0.5, 0.6) is 0 Å². The maximum Gasteiger partial charge on any atom is 0.292 e. The molecule has 0 aromatic heterocycles. The van der Waals surface area contributed by atoms with Crippen molar-refractivity contribution >= 4 is 37.0 Å². The van der Waals surface area contributed by atoms with Gasteiger partial charge in [0, 0.05) is 10.7 Å². The van der Waals surface area contributed by atoms with Gasteiger partial charge < -0.3 is 0 Å². The molecule has 0 aliphatic carbocycles. The first kappa shape index (κ1) is 13.7. The smallest absolute Gasteiger partial charge is 0.258 e. The average Bonchev–Trinajstić information content (AvgIpc) is 2.25. The van der Waals surface area contributed by atoms with Gasteiger partial charge in [0.1, 0.15) is 11.6 Å². The van der Waals surface area contributed by atoms with Gasteiger partial charge in [-0.1, -0.05) is 0 Å². The summed E-state index contributed by atoms with van der Waals surface area (Å²) in [5, 5.41) is 19.5. The summed E-state index contributed by atoms with van der Waals surface area (Å²) in [6.07, 6.45) is 0. The van der Waals surface area contributed by atoms with Crippen molar-refractivity contribution in [3.8, 4) is 6.07 Å². The first-order valence-electron chi connectivity index (χ1n) is 4.04. The number of hydrogen-bond acceptors (Lipinski definition) is 5. The van der Waals surface area contributed by atoms with Gasteiger partial charge in [-0.2, -0.15) is 5.26 Å². The largest absolute Gasteiger partial charge is 0.292 e. The molecule has 0 aliphatic heterocycles. The van der Waals surface area contributed by atoms with Crippen LogP contribution in [-0.4, -0.2) is 13.3 Å². The molecule has 0 radical (unpaired) electrons. The Labute approximate surface area is 106 Å². The third-order valence-corrected chi connectivity index (χ3v) is 3.61. The average molecular weight is 295 g/mol. The molecule has 0 bridgehead atoms. The molecule has 0 spiro atoms. The topological polar surface area (TPSA) is 101 Å². The van der Waals surface area contributed by atoms with E-state index in [9.17, 15) is 18.5 Å². The van der Waals surface area contributed by atoms with Gasteiger partial charge in [-0.05, 0) is 12.1 Å². The molecular weight excluding hydrogens is 291 g/mol. The fourth-order valence-corrected chi connectivity index (χ4v) is 2.75. The van der Waals surface area contributed by atoms with Crippen LogP contribution < -0.4 is 0 Å². The molecule has 1 aromatic carbocycles. The summed E-state index contributed by atoms with van der Waals surface area (Å²) in [6, 6.07) is 3.63. The van der Waals surface area contributed by atoms with E-state index in [0.717, 1.165) is 12.1 Å². The van der Waals surface area contributed by atoms with Crippen LogP contribution in [-0.2, 0) is 14.9 Å². The lowest BCUT2D eigenvalue weighted by Gasteiger charge is -2.05. The second-order valence-corrected chi connectivity index (χ2v) is 5.68. The van der Waals surface area contributed by atoms with E-state index in [2.05, 4.69) is 0 Å². The zero-order valence-electron chi connectivity index (χ0n) is 8.05. The van der Waals surface area contributed by atoms with Crippen LogP contribution in [0, 0.1) is 21.4 Å². The zero-order chi connectivity index (χ0) is 13.2. The maximum atomic E-state index is 11.2. The lowest BCUT2D eigenvalue weighted by molar-refractivity contribution is -0.385. The highest BCUT2D eigenvalue weighted by Gasteiger charge is 2.27. The number of nitro groups is 1. The minimum atomic E-state index is -4.15. The summed E-state index contributed by atoms with van der Waals surface area (Å²) in [5.74, 6) is -0.437. The first-order chi connectivity index (χ1) is 7.82. The molecule has 0 fully saturated rings. The molecule has 0 saturated carbocycles. The highest BCUT2D eigenvalue weighted by molar-refractivity contribution is 8.13. The molecule has 9 heteroatoms. The van der Waals surface area contributed by atoms with Crippen molar-refractivity contribution in [3.05, 3.63) is 33.4 Å². The molecule has 17 heavy (non-hydrogen) atoms. The number of hydrogen-bond donors (Lipinski definition) is 0. The van der Waals surface area contributed by atoms with Crippen molar-refractivity contribution in [3.63, 3.8) is 0 Å². The quantitative estimate of drug-likeness (QED) is 0.368. The molecule has 1 rings (SSSR count). The van der Waals surface area contributed by atoms with Crippen molar-refractivity contribution in [2.75, 3.05) is 0 Å². The van der Waals surface area contributed by atoms with E-state index in [-0.39, 0.29) is 11.1 Å². The van der Waals surface area contributed by atoms with Gasteiger partial charge in [-0.25, -0.2) is 8.42 Å². The summed E-state index contributed by atoms with van der Waals surface area (Å²) < 4.78 is 22.4. The summed E-state index contributed by atoms with van der Waals surface area (Å²) in [7, 11) is 0.970. The van der Waals surface area contributed by atoms with Crippen LogP contribution in [0.1, 0.15) is 11.1 Å². The molecule has 0 unspecified atom stereocenters. The predicted molar refractivity (Wildman–Crippen MR) is 60.4 cm³/mol. The van der Waals surface area contributed by atoms with E-state index in [1.807, 2.05) is 0 Å². The van der Waals surface area contributed by atoms with Gasteiger partial charge in [-0.15, -0.1) is 11.6 Å². The summed E-state index contributed by atoms with van der Waals surface area (Å²) in [5.41, 5.74) is -1.19. The van der Waals surface area contributed by atoms with Crippen LogP contribution >= 0.6 is 22.3 Å². The van der Waals surface area contributed by atoms with Gasteiger partial charge in [0.05, 0.1) is 21.3 Å². The number of halogens is 2. The highest BCUT2D eigenvalue weighted by atomic mass is 35.7. The van der Waals surface area contributed by atoms with Gasteiger partial charge >= 0.3 is 0 Å². The number of nitrogens with zero attached hydrogens (tertiary/aromatic N) is 2.